The number of fused-ring (bicyclic) bond motifs is 1. The molecular formula is C9H8BrClFN3. The van der Waals surface area contributed by atoms with Crippen molar-refractivity contribution in [3.8, 4) is 0 Å². The Morgan fingerprint density at radius 1 is 1.67 bits per heavy atom. The third kappa shape index (κ3) is 1.59. The van der Waals surface area contributed by atoms with E-state index >= 15 is 0 Å². The molecule has 0 aliphatic rings. The zero-order chi connectivity index (χ0) is 11.0. The molecular weight excluding hydrogens is 284 g/mol. The lowest BCUT2D eigenvalue weighted by molar-refractivity contribution is 0.631. The molecule has 80 valence electrons. The summed E-state index contributed by atoms with van der Waals surface area (Å²) in [5, 5.41) is 10.4. The molecule has 0 spiro atoms. The molecule has 1 heterocycles. The maximum absolute atomic E-state index is 13.8. The summed E-state index contributed by atoms with van der Waals surface area (Å²) in [6, 6.07) is 0. The third-order valence-electron chi connectivity index (χ3n) is 2.08. The van der Waals surface area contributed by atoms with E-state index in [4.69, 9.17) is 11.6 Å². The quantitative estimate of drug-likeness (QED) is 0.831. The van der Waals surface area contributed by atoms with Crippen molar-refractivity contribution < 1.29 is 4.39 Å². The summed E-state index contributed by atoms with van der Waals surface area (Å²) >= 11 is 9.09. The number of aromatic amines is 1. The van der Waals surface area contributed by atoms with Crippen LogP contribution in [0.5, 0.6) is 0 Å². The molecule has 1 aromatic carbocycles. The number of rotatable bonds is 2. The first-order chi connectivity index (χ1) is 7.16. The summed E-state index contributed by atoms with van der Waals surface area (Å²) in [6.07, 6.45) is 1.60. The summed E-state index contributed by atoms with van der Waals surface area (Å²) in [5.74, 6) is -0.470. The van der Waals surface area contributed by atoms with Crippen LogP contribution in [0.1, 0.15) is 6.92 Å². The van der Waals surface area contributed by atoms with E-state index in [0.717, 1.165) is 5.39 Å². The van der Waals surface area contributed by atoms with E-state index in [2.05, 4.69) is 31.4 Å². The molecule has 2 rings (SSSR count). The highest BCUT2D eigenvalue weighted by molar-refractivity contribution is 9.10. The van der Waals surface area contributed by atoms with Crippen molar-refractivity contribution in [3.63, 3.8) is 0 Å². The van der Waals surface area contributed by atoms with Gasteiger partial charge in [-0.25, -0.2) is 4.39 Å². The minimum Gasteiger partial charge on any atom is -0.381 e. The SMILES string of the molecule is CCNc1c(F)c(Cl)c(Br)c2cn[nH]c12. The lowest BCUT2D eigenvalue weighted by Crippen LogP contribution is -2.01. The topological polar surface area (TPSA) is 40.7 Å². The highest BCUT2D eigenvalue weighted by Crippen LogP contribution is 2.38. The molecule has 1 aromatic heterocycles. The van der Waals surface area contributed by atoms with Gasteiger partial charge in [0.2, 0.25) is 0 Å². The zero-order valence-corrected chi connectivity index (χ0v) is 10.2. The Labute approximate surface area is 99.1 Å². The first kappa shape index (κ1) is 10.7. The lowest BCUT2D eigenvalue weighted by Gasteiger charge is -2.09. The second-order valence-electron chi connectivity index (χ2n) is 3.01. The van der Waals surface area contributed by atoms with Crippen LogP contribution in [0, 0.1) is 5.82 Å². The van der Waals surface area contributed by atoms with Crippen molar-refractivity contribution in [2.24, 2.45) is 0 Å². The maximum Gasteiger partial charge on any atom is 0.168 e. The molecule has 0 unspecified atom stereocenters. The van der Waals surface area contributed by atoms with E-state index in [1.807, 2.05) is 6.92 Å². The van der Waals surface area contributed by atoms with Gasteiger partial charge < -0.3 is 5.32 Å². The lowest BCUT2D eigenvalue weighted by atomic mass is 10.2. The predicted molar refractivity (Wildman–Crippen MR) is 62.9 cm³/mol. The Bertz CT molecular complexity index is 512. The van der Waals surface area contributed by atoms with Gasteiger partial charge in [-0.2, -0.15) is 5.10 Å². The minimum atomic E-state index is -0.470. The molecule has 0 bridgehead atoms. The Balaban J connectivity index is 2.82. The van der Waals surface area contributed by atoms with E-state index in [-0.39, 0.29) is 5.02 Å². The molecule has 3 nitrogen and oxygen atoms in total. The van der Waals surface area contributed by atoms with Crippen LogP contribution in [0.4, 0.5) is 10.1 Å². The van der Waals surface area contributed by atoms with Gasteiger partial charge in [-0.1, -0.05) is 11.6 Å². The molecule has 0 aliphatic carbocycles. The Morgan fingerprint density at radius 2 is 2.40 bits per heavy atom. The number of hydrogen-bond acceptors (Lipinski definition) is 2. The Morgan fingerprint density at radius 3 is 3.07 bits per heavy atom. The molecule has 2 N–H and O–H groups in total. The van der Waals surface area contributed by atoms with Crippen LogP contribution in [-0.2, 0) is 0 Å². The number of hydrogen-bond donors (Lipinski definition) is 2. The monoisotopic (exact) mass is 291 g/mol. The van der Waals surface area contributed by atoms with Crippen molar-refractivity contribution in [3.05, 3.63) is 21.5 Å². The van der Waals surface area contributed by atoms with Crippen LogP contribution >= 0.6 is 27.5 Å². The molecule has 2 aromatic rings. The van der Waals surface area contributed by atoms with Gasteiger partial charge in [-0.05, 0) is 22.9 Å². The number of nitrogens with zero attached hydrogens (tertiary/aromatic N) is 1. The number of aromatic nitrogens is 2. The van der Waals surface area contributed by atoms with Crippen LogP contribution in [0.2, 0.25) is 5.02 Å². The Hall–Kier alpha value is -0.810. The normalized spacial score (nSPS) is 10.9. The average molecular weight is 293 g/mol. The second-order valence-corrected chi connectivity index (χ2v) is 4.18. The smallest absolute Gasteiger partial charge is 0.168 e. The standard InChI is InChI=1S/C9H8BrClFN3/c1-2-13-9-7(12)6(11)5(10)4-3-14-15-8(4)9/h3,13H,2H2,1H3,(H,14,15). The van der Waals surface area contributed by atoms with Crippen molar-refractivity contribution in [1.82, 2.24) is 10.2 Å². The highest BCUT2D eigenvalue weighted by Gasteiger charge is 2.17. The summed E-state index contributed by atoms with van der Waals surface area (Å²) in [4.78, 5) is 0. The van der Waals surface area contributed by atoms with Crippen molar-refractivity contribution in [1.29, 1.82) is 0 Å². The van der Waals surface area contributed by atoms with Crippen LogP contribution in [0.3, 0.4) is 0 Å². The molecule has 6 heteroatoms. The third-order valence-corrected chi connectivity index (χ3v) is 3.49. The number of H-pyrrole nitrogens is 1. The van der Waals surface area contributed by atoms with Crippen molar-refractivity contribution >= 4 is 44.1 Å². The predicted octanol–water partition coefficient (Wildman–Crippen LogP) is 3.55. The van der Waals surface area contributed by atoms with E-state index in [9.17, 15) is 4.39 Å². The largest absolute Gasteiger partial charge is 0.381 e. The number of halogens is 3. The molecule has 0 fully saturated rings. The summed E-state index contributed by atoms with van der Waals surface area (Å²) in [5.41, 5.74) is 0.976. The Kier molecular flexibility index (Phi) is 2.84. The fourth-order valence-electron chi connectivity index (χ4n) is 1.42. The summed E-state index contributed by atoms with van der Waals surface area (Å²) in [6.45, 7) is 2.50. The molecule has 0 saturated carbocycles. The van der Waals surface area contributed by atoms with Crippen LogP contribution in [0.25, 0.3) is 10.9 Å². The molecule has 0 saturated heterocycles. The highest BCUT2D eigenvalue weighted by atomic mass is 79.9. The average Bonchev–Trinajstić information content (AvgIpc) is 2.70. The summed E-state index contributed by atoms with van der Waals surface area (Å²) < 4.78 is 14.3. The van der Waals surface area contributed by atoms with Gasteiger partial charge in [0.15, 0.2) is 5.82 Å². The van der Waals surface area contributed by atoms with Gasteiger partial charge in [0.05, 0.1) is 26.9 Å². The molecule has 15 heavy (non-hydrogen) atoms. The molecule has 0 radical (unpaired) electrons. The van der Waals surface area contributed by atoms with Crippen LogP contribution in [-0.4, -0.2) is 16.7 Å². The van der Waals surface area contributed by atoms with Gasteiger partial charge in [-0.3, -0.25) is 5.10 Å². The van der Waals surface area contributed by atoms with Gasteiger partial charge >= 0.3 is 0 Å². The number of nitrogens with one attached hydrogen (secondary N) is 2. The van der Waals surface area contributed by atoms with Crippen molar-refractivity contribution in [2.45, 2.75) is 6.92 Å². The molecule has 0 amide bonds. The number of benzene rings is 1. The summed E-state index contributed by atoms with van der Waals surface area (Å²) in [7, 11) is 0. The van der Waals surface area contributed by atoms with Crippen LogP contribution in [0.15, 0.2) is 10.7 Å². The van der Waals surface area contributed by atoms with E-state index < -0.39 is 5.82 Å². The second kappa shape index (κ2) is 3.98. The fourth-order valence-corrected chi connectivity index (χ4v) is 2.09. The van der Waals surface area contributed by atoms with Gasteiger partial charge in [0.25, 0.3) is 0 Å². The molecule has 0 aliphatic heterocycles. The van der Waals surface area contributed by atoms with Gasteiger partial charge in [0, 0.05) is 11.9 Å². The van der Waals surface area contributed by atoms with E-state index in [1.165, 1.54) is 0 Å². The van der Waals surface area contributed by atoms with Gasteiger partial charge in [0.1, 0.15) is 0 Å². The zero-order valence-electron chi connectivity index (χ0n) is 7.87. The van der Waals surface area contributed by atoms with E-state index in [0.29, 0.717) is 22.2 Å². The maximum atomic E-state index is 13.8. The first-order valence-electron chi connectivity index (χ1n) is 4.40. The van der Waals surface area contributed by atoms with E-state index in [1.54, 1.807) is 6.20 Å². The molecule has 0 atom stereocenters. The fraction of sp³-hybridized carbons (Fsp3) is 0.222. The first-order valence-corrected chi connectivity index (χ1v) is 5.57. The minimum absolute atomic E-state index is 0.0693. The van der Waals surface area contributed by atoms with Gasteiger partial charge in [-0.15, -0.1) is 0 Å². The van der Waals surface area contributed by atoms with Crippen LogP contribution < -0.4 is 5.32 Å². The van der Waals surface area contributed by atoms with Crippen molar-refractivity contribution in [2.75, 3.05) is 11.9 Å². The number of anilines is 1.